The Bertz CT molecular complexity index is 760. The first-order valence-corrected chi connectivity index (χ1v) is 7.77. The van der Waals surface area contributed by atoms with Crippen molar-refractivity contribution >= 4 is 34.2 Å². The Balaban J connectivity index is 1.70. The predicted molar refractivity (Wildman–Crippen MR) is 83.8 cm³/mol. The molecule has 1 aliphatic heterocycles. The molecule has 0 aliphatic carbocycles. The van der Waals surface area contributed by atoms with Crippen LogP contribution in [-0.2, 0) is 4.79 Å². The first-order chi connectivity index (χ1) is 11.3. The first kappa shape index (κ1) is 16.8. The van der Waals surface area contributed by atoms with E-state index in [1.54, 1.807) is 6.07 Å². The summed E-state index contributed by atoms with van der Waals surface area (Å²) in [7, 11) is 0. The van der Waals surface area contributed by atoms with Gasteiger partial charge in [0, 0.05) is 24.5 Å². The second kappa shape index (κ2) is 6.43. The van der Waals surface area contributed by atoms with Crippen molar-refractivity contribution in [3.8, 4) is 0 Å². The highest BCUT2D eigenvalue weighted by molar-refractivity contribution is 6.28. The van der Waals surface area contributed by atoms with Crippen molar-refractivity contribution in [1.29, 1.82) is 0 Å². The molecular formula is C15H14ClF3N4O. The number of nitrogens with one attached hydrogen (secondary N) is 1. The Morgan fingerprint density at radius 1 is 1.21 bits per heavy atom. The summed E-state index contributed by atoms with van der Waals surface area (Å²) in [5, 5.41) is 4.09. The van der Waals surface area contributed by atoms with Crippen LogP contribution in [0.2, 0.25) is 5.28 Å². The number of carbonyl (C=O) groups excluding carboxylic acids is 1. The van der Waals surface area contributed by atoms with E-state index in [-0.39, 0.29) is 24.4 Å². The highest BCUT2D eigenvalue weighted by atomic mass is 35.5. The van der Waals surface area contributed by atoms with E-state index in [1.165, 1.54) is 0 Å². The highest BCUT2D eigenvalue weighted by Crippen LogP contribution is 2.26. The van der Waals surface area contributed by atoms with Crippen molar-refractivity contribution in [2.24, 2.45) is 0 Å². The number of amides is 1. The van der Waals surface area contributed by atoms with Gasteiger partial charge in [-0.1, -0.05) is 12.1 Å². The molecule has 1 aromatic carbocycles. The molecule has 1 N–H and O–H groups in total. The van der Waals surface area contributed by atoms with Crippen LogP contribution >= 0.6 is 11.6 Å². The van der Waals surface area contributed by atoms with Crippen molar-refractivity contribution in [3.05, 3.63) is 29.5 Å². The summed E-state index contributed by atoms with van der Waals surface area (Å²) in [5.41, 5.74) is 0.685. The van der Waals surface area contributed by atoms with Crippen LogP contribution in [0.25, 0.3) is 10.9 Å². The molecule has 0 radical (unpaired) electrons. The molecule has 3 rings (SSSR count). The first-order valence-electron chi connectivity index (χ1n) is 7.39. The summed E-state index contributed by atoms with van der Waals surface area (Å²) in [6.07, 6.45) is -4.02. The fourth-order valence-corrected chi connectivity index (χ4v) is 2.93. The number of likely N-dealkylation sites (tertiary alicyclic amines) is 1. The molecule has 0 spiro atoms. The van der Waals surface area contributed by atoms with Gasteiger partial charge in [-0.15, -0.1) is 0 Å². The zero-order valence-corrected chi connectivity index (χ0v) is 13.2. The molecule has 1 amide bonds. The number of aromatic nitrogens is 2. The topological polar surface area (TPSA) is 58.1 Å². The van der Waals surface area contributed by atoms with Crippen molar-refractivity contribution in [1.82, 2.24) is 14.9 Å². The molecular weight excluding hydrogens is 345 g/mol. The Morgan fingerprint density at radius 2 is 1.88 bits per heavy atom. The number of hydrogen-bond acceptors (Lipinski definition) is 4. The number of anilines is 1. The molecule has 0 bridgehead atoms. The summed E-state index contributed by atoms with van der Waals surface area (Å²) in [6, 6.07) is 7.23. The largest absolute Gasteiger partial charge is 0.471 e. The lowest BCUT2D eigenvalue weighted by Gasteiger charge is -2.33. The number of halogens is 4. The Morgan fingerprint density at radius 3 is 2.54 bits per heavy atom. The molecule has 1 aliphatic rings. The molecule has 9 heteroatoms. The zero-order valence-electron chi connectivity index (χ0n) is 12.5. The van der Waals surface area contributed by atoms with Crippen LogP contribution in [0.15, 0.2) is 24.3 Å². The number of hydrogen-bond donors (Lipinski definition) is 1. The van der Waals surface area contributed by atoms with Gasteiger partial charge in [0.1, 0.15) is 5.82 Å². The van der Waals surface area contributed by atoms with Gasteiger partial charge < -0.3 is 10.2 Å². The van der Waals surface area contributed by atoms with E-state index < -0.39 is 12.1 Å². The lowest BCUT2D eigenvalue weighted by atomic mass is 10.0. The number of benzene rings is 1. The van der Waals surface area contributed by atoms with Crippen LogP contribution in [0.1, 0.15) is 12.8 Å². The van der Waals surface area contributed by atoms with Crippen LogP contribution in [0, 0.1) is 0 Å². The Hall–Kier alpha value is -2.09. The van der Waals surface area contributed by atoms with Crippen molar-refractivity contribution in [3.63, 3.8) is 0 Å². The van der Waals surface area contributed by atoms with Gasteiger partial charge in [-0.2, -0.15) is 13.2 Å². The van der Waals surface area contributed by atoms with Gasteiger partial charge in [-0.05, 0) is 36.6 Å². The summed E-state index contributed by atoms with van der Waals surface area (Å²) < 4.78 is 37.4. The molecule has 24 heavy (non-hydrogen) atoms. The van der Waals surface area contributed by atoms with Crippen molar-refractivity contribution < 1.29 is 18.0 Å². The number of carbonyl (C=O) groups is 1. The predicted octanol–water partition coefficient (Wildman–Crippen LogP) is 3.25. The third-order valence-electron chi connectivity index (χ3n) is 3.94. The molecule has 1 aromatic heterocycles. The molecule has 5 nitrogen and oxygen atoms in total. The average molecular weight is 359 g/mol. The van der Waals surface area contributed by atoms with Gasteiger partial charge in [-0.3, -0.25) is 4.79 Å². The number of nitrogens with zero attached hydrogens (tertiary/aromatic N) is 3. The second-order valence-electron chi connectivity index (χ2n) is 5.57. The molecule has 1 fully saturated rings. The normalized spacial score (nSPS) is 16.4. The van der Waals surface area contributed by atoms with Crippen LogP contribution in [0.3, 0.4) is 0 Å². The van der Waals surface area contributed by atoms with E-state index in [0.29, 0.717) is 24.2 Å². The van der Waals surface area contributed by atoms with Gasteiger partial charge in [0.15, 0.2) is 0 Å². The van der Waals surface area contributed by atoms with E-state index in [9.17, 15) is 18.0 Å². The minimum atomic E-state index is -4.82. The number of para-hydroxylation sites is 1. The van der Waals surface area contributed by atoms with E-state index in [1.807, 2.05) is 18.2 Å². The average Bonchev–Trinajstić information content (AvgIpc) is 2.54. The lowest BCUT2D eigenvalue weighted by molar-refractivity contribution is -0.186. The highest BCUT2D eigenvalue weighted by Gasteiger charge is 2.43. The van der Waals surface area contributed by atoms with E-state index >= 15 is 0 Å². The maximum Gasteiger partial charge on any atom is 0.471 e. The summed E-state index contributed by atoms with van der Waals surface area (Å²) in [5.74, 6) is -1.23. The van der Waals surface area contributed by atoms with Gasteiger partial charge in [0.05, 0.1) is 5.52 Å². The molecule has 2 aromatic rings. The standard InChI is InChI=1S/C15H14ClF3N4O/c16-14-21-11-4-2-1-3-10(11)12(22-14)20-9-5-7-23(8-6-9)13(24)15(17,18)19/h1-4,9H,5-8H2,(H,20,21,22). The van der Waals surface area contributed by atoms with Crippen molar-refractivity contribution in [2.45, 2.75) is 25.1 Å². The maximum absolute atomic E-state index is 12.5. The van der Waals surface area contributed by atoms with Gasteiger partial charge >= 0.3 is 12.1 Å². The maximum atomic E-state index is 12.5. The molecule has 0 unspecified atom stereocenters. The van der Waals surface area contributed by atoms with E-state index in [0.717, 1.165) is 10.3 Å². The van der Waals surface area contributed by atoms with Crippen LogP contribution in [0.4, 0.5) is 19.0 Å². The van der Waals surface area contributed by atoms with Gasteiger partial charge in [0.2, 0.25) is 5.28 Å². The van der Waals surface area contributed by atoms with Gasteiger partial charge in [0.25, 0.3) is 0 Å². The number of alkyl halides is 3. The number of piperidine rings is 1. The molecule has 1 saturated heterocycles. The smallest absolute Gasteiger partial charge is 0.367 e. The quantitative estimate of drug-likeness (QED) is 0.837. The Labute approximate surface area is 140 Å². The van der Waals surface area contributed by atoms with Gasteiger partial charge in [-0.25, -0.2) is 9.97 Å². The Kier molecular flexibility index (Phi) is 4.49. The fourth-order valence-electron chi connectivity index (χ4n) is 2.76. The second-order valence-corrected chi connectivity index (χ2v) is 5.91. The lowest BCUT2D eigenvalue weighted by Crippen LogP contribution is -2.47. The minimum Gasteiger partial charge on any atom is -0.367 e. The van der Waals surface area contributed by atoms with E-state index in [4.69, 9.17) is 11.6 Å². The number of rotatable bonds is 2. The fraction of sp³-hybridized carbons (Fsp3) is 0.400. The molecule has 0 saturated carbocycles. The van der Waals surface area contributed by atoms with Crippen molar-refractivity contribution in [2.75, 3.05) is 18.4 Å². The van der Waals surface area contributed by atoms with E-state index in [2.05, 4.69) is 15.3 Å². The third-order valence-corrected chi connectivity index (χ3v) is 4.11. The number of fused-ring (bicyclic) bond motifs is 1. The summed E-state index contributed by atoms with van der Waals surface area (Å²) in [4.78, 5) is 20.4. The molecule has 128 valence electrons. The molecule has 2 heterocycles. The van der Waals surface area contributed by atoms with Crippen LogP contribution < -0.4 is 5.32 Å². The summed E-state index contributed by atoms with van der Waals surface area (Å²) >= 11 is 5.92. The SMILES string of the molecule is O=C(N1CCC(Nc2nc(Cl)nc3ccccc23)CC1)C(F)(F)F. The zero-order chi connectivity index (χ0) is 17.3. The monoisotopic (exact) mass is 358 g/mol. The minimum absolute atomic E-state index is 0.0484. The summed E-state index contributed by atoms with van der Waals surface area (Å²) in [6.45, 7) is 0.0967. The van der Waals surface area contributed by atoms with Crippen LogP contribution in [0.5, 0.6) is 0 Å². The third kappa shape index (κ3) is 3.53. The molecule has 0 atom stereocenters. The van der Waals surface area contributed by atoms with Crippen LogP contribution in [-0.4, -0.2) is 46.1 Å².